The number of benzene rings is 1. The lowest BCUT2D eigenvalue weighted by atomic mass is 10.1. The minimum Gasteiger partial charge on any atom is -0.478 e. The van der Waals surface area contributed by atoms with Gasteiger partial charge in [0.1, 0.15) is 11.4 Å². The second-order valence-electron chi connectivity index (χ2n) is 4.80. The average molecular weight is 267 g/mol. The molecule has 2 rings (SSSR count). The van der Waals surface area contributed by atoms with Gasteiger partial charge in [0.05, 0.1) is 11.4 Å². The molecule has 19 heavy (non-hydrogen) atoms. The maximum Gasteiger partial charge on any atom is 0.340 e. The van der Waals surface area contributed by atoms with Crippen molar-refractivity contribution >= 4 is 17.3 Å². The van der Waals surface area contributed by atoms with Gasteiger partial charge in [-0.25, -0.2) is 9.18 Å². The highest BCUT2D eigenvalue weighted by molar-refractivity contribution is 6.00. The monoisotopic (exact) mass is 267 g/mol. The summed E-state index contributed by atoms with van der Waals surface area (Å²) >= 11 is 0. The van der Waals surface area contributed by atoms with Gasteiger partial charge in [-0.2, -0.15) is 0 Å². The molecule has 104 valence electrons. The van der Waals surface area contributed by atoms with Crippen LogP contribution in [0.25, 0.3) is 0 Å². The van der Waals surface area contributed by atoms with E-state index in [9.17, 15) is 14.3 Å². The summed E-state index contributed by atoms with van der Waals surface area (Å²) < 4.78 is 13.4. The standard InChI is InChI=1S/C13H18FN3O2/c1-16-5-2-6-17(8-7-16)10-4-3-9(14)12(15)11(10)13(18)19/h3-4H,2,5-8,15H2,1H3,(H,18,19). The number of anilines is 2. The molecule has 0 bridgehead atoms. The zero-order valence-electron chi connectivity index (χ0n) is 10.9. The third-order valence-corrected chi connectivity index (χ3v) is 3.44. The minimum atomic E-state index is -1.19. The quantitative estimate of drug-likeness (QED) is 0.789. The van der Waals surface area contributed by atoms with Gasteiger partial charge in [0.15, 0.2) is 0 Å². The fourth-order valence-electron chi connectivity index (χ4n) is 2.36. The Morgan fingerprint density at radius 3 is 2.74 bits per heavy atom. The molecule has 0 radical (unpaired) electrons. The van der Waals surface area contributed by atoms with Crippen LogP contribution in [0.1, 0.15) is 16.8 Å². The summed E-state index contributed by atoms with van der Waals surface area (Å²) in [6.07, 6.45) is 0.937. The smallest absolute Gasteiger partial charge is 0.340 e. The van der Waals surface area contributed by atoms with Crippen LogP contribution in [-0.4, -0.2) is 49.2 Å². The molecule has 5 nitrogen and oxygen atoms in total. The van der Waals surface area contributed by atoms with Crippen LogP contribution >= 0.6 is 0 Å². The minimum absolute atomic E-state index is 0.135. The van der Waals surface area contributed by atoms with E-state index < -0.39 is 11.8 Å². The zero-order chi connectivity index (χ0) is 14.0. The third kappa shape index (κ3) is 2.78. The van der Waals surface area contributed by atoms with Crippen molar-refractivity contribution in [2.24, 2.45) is 0 Å². The fraction of sp³-hybridized carbons (Fsp3) is 0.462. The number of halogens is 1. The summed E-state index contributed by atoms with van der Waals surface area (Å²) in [6.45, 7) is 3.27. The number of hydrogen-bond acceptors (Lipinski definition) is 4. The van der Waals surface area contributed by atoms with E-state index in [-0.39, 0.29) is 11.3 Å². The van der Waals surface area contributed by atoms with Gasteiger partial charge in [-0.15, -0.1) is 0 Å². The van der Waals surface area contributed by atoms with Crippen molar-refractivity contribution in [3.8, 4) is 0 Å². The first-order valence-electron chi connectivity index (χ1n) is 6.25. The van der Waals surface area contributed by atoms with Crippen molar-refractivity contribution < 1.29 is 14.3 Å². The third-order valence-electron chi connectivity index (χ3n) is 3.44. The highest BCUT2D eigenvalue weighted by Gasteiger charge is 2.22. The van der Waals surface area contributed by atoms with Crippen molar-refractivity contribution in [3.63, 3.8) is 0 Å². The molecule has 0 amide bonds. The summed E-state index contributed by atoms with van der Waals surface area (Å²) in [7, 11) is 2.03. The second kappa shape index (κ2) is 5.44. The van der Waals surface area contributed by atoms with Crippen molar-refractivity contribution in [3.05, 3.63) is 23.5 Å². The topological polar surface area (TPSA) is 69.8 Å². The second-order valence-corrected chi connectivity index (χ2v) is 4.80. The largest absolute Gasteiger partial charge is 0.478 e. The number of carbonyl (C=O) groups is 1. The molecule has 0 aromatic heterocycles. The first kappa shape index (κ1) is 13.6. The van der Waals surface area contributed by atoms with Gasteiger partial charge in [-0.3, -0.25) is 0 Å². The number of aromatic carboxylic acids is 1. The molecule has 1 aromatic rings. The van der Waals surface area contributed by atoms with E-state index >= 15 is 0 Å². The number of carboxylic acid groups (broad SMARTS) is 1. The van der Waals surface area contributed by atoms with Crippen LogP contribution in [0.5, 0.6) is 0 Å². The molecule has 1 aliphatic heterocycles. The summed E-state index contributed by atoms with van der Waals surface area (Å²) in [6, 6.07) is 2.73. The number of nitrogens with two attached hydrogens (primary N) is 1. The molecule has 3 N–H and O–H groups in total. The van der Waals surface area contributed by atoms with Crippen LogP contribution in [0.3, 0.4) is 0 Å². The Balaban J connectivity index is 2.38. The SMILES string of the molecule is CN1CCCN(c2ccc(F)c(N)c2C(=O)O)CC1. The fourth-order valence-corrected chi connectivity index (χ4v) is 2.36. The number of carboxylic acids is 1. The molecule has 1 saturated heterocycles. The van der Waals surface area contributed by atoms with E-state index in [4.69, 9.17) is 5.73 Å². The maximum absolute atomic E-state index is 13.4. The Morgan fingerprint density at radius 1 is 1.32 bits per heavy atom. The maximum atomic E-state index is 13.4. The predicted molar refractivity (Wildman–Crippen MR) is 72.1 cm³/mol. The Hall–Kier alpha value is -1.82. The average Bonchev–Trinajstić information content (AvgIpc) is 2.57. The lowest BCUT2D eigenvalue weighted by molar-refractivity contribution is 0.0698. The molecule has 0 spiro atoms. The van der Waals surface area contributed by atoms with E-state index in [0.717, 1.165) is 26.1 Å². The van der Waals surface area contributed by atoms with Crippen LogP contribution in [0.4, 0.5) is 15.8 Å². The summed E-state index contributed by atoms with van der Waals surface area (Å²) in [5.74, 6) is -1.88. The van der Waals surface area contributed by atoms with Crippen molar-refractivity contribution in [2.75, 3.05) is 43.9 Å². The van der Waals surface area contributed by atoms with Crippen LogP contribution in [0.2, 0.25) is 0 Å². The first-order chi connectivity index (χ1) is 9.00. The van der Waals surface area contributed by atoms with E-state index in [2.05, 4.69) is 4.90 Å². The molecule has 1 heterocycles. The molecule has 6 heteroatoms. The van der Waals surface area contributed by atoms with Gasteiger partial charge in [-0.1, -0.05) is 0 Å². The highest BCUT2D eigenvalue weighted by atomic mass is 19.1. The van der Waals surface area contributed by atoms with Gasteiger partial charge in [0, 0.05) is 19.6 Å². The Morgan fingerprint density at radius 2 is 2.05 bits per heavy atom. The van der Waals surface area contributed by atoms with Crippen LogP contribution in [-0.2, 0) is 0 Å². The van der Waals surface area contributed by atoms with Crippen LogP contribution in [0.15, 0.2) is 12.1 Å². The molecular weight excluding hydrogens is 249 g/mol. The van der Waals surface area contributed by atoms with Crippen LogP contribution < -0.4 is 10.6 Å². The molecule has 0 saturated carbocycles. The van der Waals surface area contributed by atoms with Crippen molar-refractivity contribution in [2.45, 2.75) is 6.42 Å². The predicted octanol–water partition coefficient (Wildman–Crippen LogP) is 1.25. The Kier molecular flexibility index (Phi) is 3.90. The summed E-state index contributed by atoms with van der Waals surface area (Å²) in [5.41, 5.74) is 5.64. The van der Waals surface area contributed by atoms with Gasteiger partial charge in [0.2, 0.25) is 0 Å². The van der Waals surface area contributed by atoms with Gasteiger partial charge >= 0.3 is 5.97 Å². The number of hydrogen-bond donors (Lipinski definition) is 2. The molecular formula is C13H18FN3O2. The van der Waals surface area contributed by atoms with Crippen molar-refractivity contribution in [1.29, 1.82) is 0 Å². The molecule has 0 unspecified atom stereocenters. The number of nitrogens with zero attached hydrogens (tertiary/aromatic N) is 2. The van der Waals surface area contributed by atoms with E-state index in [1.165, 1.54) is 12.1 Å². The number of nitrogen functional groups attached to an aromatic ring is 1. The van der Waals surface area contributed by atoms with Crippen LogP contribution in [0, 0.1) is 5.82 Å². The molecule has 1 aromatic carbocycles. The van der Waals surface area contributed by atoms with E-state index in [1.54, 1.807) is 0 Å². The molecule has 0 atom stereocenters. The Labute approximate surface area is 111 Å². The van der Waals surface area contributed by atoms with Gasteiger partial charge in [0.25, 0.3) is 0 Å². The van der Waals surface area contributed by atoms with Gasteiger partial charge < -0.3 is 20.6 Å². The Bertz CT molecular complexity index is 493. The highest BCUT2D eigenvalue weighted by Crippen LogP contribution is 2.29. The van der Waals surface area contributed by atoms with E-state index in [1.807, 2.05) is 11.9 Å². The first-order valence-corrected chi connectivity index (χ1v) is 6.25. The normalized spacial score (nSPS) is 17.3. The number of likely N-dealkylation sites (N-methyl/N-ethyl adjacent to an activating group) is 1. The summed E-state index contributed by atoms with van der Waals surface area (Å²) in [5, 5.41) is 9.24. The number of rotatable bonds is 2. The molecule has 1 fully saturated rings. The van der Waals surface area contributed by atoms with Crippen molar-refractivity contribution in [1.82, 2.24) is 4.90 Å². The van der Waals surface area contributed by atoms with E-state index in [0.29, 0.717) is 12.2 Å². The summed E-state index contributed by atoms with van der Waals surface area (Å²) in [4.78, 5) is 15.5. The molecule has 1 aliphatic rings. The molecule has 0 aliphatic carbocycles. The zero-order valence-corrected chi connectivity index (χ0v) is 10.9. The van der Waals surface area contributed by atoms with Gasteiger partial charge in [-0.05, 0) is 32.1 Å². The lowest BCUT2D eigenvalue weighted by Gasteiger charge is -2.25. The lowest BCUT2D eigenvalue weighted by Crippen LogP contribution is -2.30.